The summed E-state index contributed by atoms with van der Waals surface area (Å²) >= 11 is 0. The molecular weight excluding hydrogens is 259 g/mol. The third-order valence-corrected chi connectivity index (χ3v) is 2.89. The van der Waals surface area contributed by atoms with Crippen LogP contribution in [0.4, 0.5) is 13.2 Å². The minimum atomic E-state index is -4.35. The van der Waals surface area contributed by atoms with Crippen LogP contribution >= 0.6 is 0 Å². The molecular formula is C13H12F3NO2. The van der Waals surface area contributed by atoms with Crippen molar-refractivity contribution in [2.75, 3.05) is 0 Å². The van der Waals surface area contributed by atoms with Gasteiger partial charge in [0.05, 0.1) is 5.56 Å². The summed E-state index contributed by atoms with van der Waals surface area (Å²) in [6.45, 7) is 0.473. The number of rotatable bonds is 4. The van der Waals surface area contributed by atoms with E-state index in [0.29, 0.717) is 23.9 Å². The number of carbonyl (C=O) groups is 1. The highest BCUT2D eigenvalue weighted by atomic mass is 19.4. The Morgan fingerprint density at radius 3 is 2.63 bits per heavy atom. The maximum atomic E-state index is 12.5. The summed E-state index contributed by atoms with van der Waals surface area (Å²) in [4.78, 5) is 10.4. The largest absolute Gasteiger partial charge is 0.481 e. The Bertz CT molecular complexity index is 601. The van der Waals surface area contributed by atoms with Gasteiger partial charge in [-0.15, -0.1) is 0 Å². The fourth-order valence-corrected chi connectivity index (χ4v) is 1.97. The maximum absolute atomic E-state index is 12.5. The highest BCUT2D eigenvalue weighted by Gasteiger charge is 2.30. The van der Waals surface area contributed by atoms with E-state index in [-0.39, 0.29) is 6.42 Å². The first-order valence-corrected chi connectivity index (χ1v) is 5.76. The van der Waals surface area contributed by atoms with E-state index in [0.717, 1.165) is 12.1 Å². The quantitative estimate of drug-likeness (QED) is 0.924. The highest BCUT2D eigenvalue weighted by molar-refractivity contribution is 5.81. The number of carboxylic acid groups (broad SMARTS) is 1. The fourth-order valence-electron chi connectivity index (χ4n) is 1.97. The smallest absolute Gasteiger partial charge is 0.416 e. The molecule has 1 aromatic carbocycles. The summed E-state index contributed by atoms with van der Waals surface area (Å²) in [6, 6.07) is 5.16. The molecule has 0 unspecified atom stereocenters. The van der Waals surface area contributed by atoms with Gasteiger partial charge in [0.25, 0.3) is 0 Å². The Kier molecular flexibility index (Phi) is 3.50. The third kappa shape index (κ3) is 3.07. The number of alkyl halides is 3. The molecule has 0 fully saturated rings. The lowest BCUT2D eigenvalue weighted by molar-refractivity contribution is -0.138. The number of aliphatic carboxylic acids is 1. The summed E-state index contributed by atoms with van der Waals surface area (Å²) in [5.74, 6) is -0.879. The van der Waals surface area contributed by atoms with Crippen LogP contribution in [0, 0.1) is 0 Å². The second-order valence-corrected chi connectivity index (χ2v) is 4.28. The number of fused-ring (bicyclic) bond motifs is 1. The van der Waals surface area contributed by atoms with Gasteiger partial charge in [0.1, 0.15) is 0 Å². The second-order valence-electron chi connectivity index (χ2n) is 4.28. The van der Waals surface area contributed by atoms with Crippen LogP contribution < -0.4 is 0 Å². The number of aryl methyl sites for hydroxylation is 1. The van der Waals surface area contributed by atoms with Crippen molar-refractivity contribution in [2.24, 2.45) is 0 Å². The van der Waals surface area contributed by atoms with Gasteiger partial charge in [-0.25, -0.2) is 0 Å². The SMILES string of the molecule is O=C(O)CCCn1ccc2cc(C(F)(F)F)ccc21. The van der Waals surface area contributed by atoms with Crippen molar-refractivity contribution in [1.29, 1.82) is 0 Å². The van der Waals surface area contributed by atoms with E-state index in [1.54, 1.807) is 16.8 Å². The molecule has 0 radical (unpaired) electrons. The number of carboxylic acids is 1. The molecule has 102 valence electrons. The van der Waals surface area contributed by atoms with Crippen molar-refractivity contribution < 1.29 is 23.1 Å². The molecule has 0 atom stereocenters. The first-order chi connectivity index (χ1) is 8.88. The molecule has 0 saturated carbocycles. The Labute approximate surface area is 107 Å². The van der Waals surface area contributed by atoms with Crippen LogP contribution in [0.25, 0.3) is 10.9 Å². The lowest BCUT2D eigenvalue weighted by atomic mass is 10.1. The average molecular weight is 271 g/mol. The van der Waals surface area contributed by atoms with Crippen LogP contribution in [0.3, 0.4) is 0 Å². The summed E-state index contributed by atoms with van der Waals surface area (Å²) in [5, 5.41) is 9.05. The molecule has 1 aromatic heterocycles. The highest BCUT2D eigenvalue weighted by Crippen LogP contribution is 2.31. The van der Waals surface area contributed by atoms with E-state index in [1.165, 1.54) is 6.07 Å². The summed E-state index contributed by atoms with van der Waals surface area (Å²) in [5.41, 5.74) is 0.00155. The first-order valence-electron chi connectivity index (χ1n) is 5.76. The number of aromatic nitrogens is 1. The van der Waals surface area contributed by atoms with E-state index in [1.807, 2.05) is 0 Å². The Morgan fingerprint density at radius 2 is 2.00 bits per heavy atom. The molecule has 0 spiro atoms. The summed E-state index contributed by atoms with van der Waals surface area (Å²) < 4.78 is 39.4. The lowest BCUT2D eigenvalue weighted by Crippen LogP contribution is -2.04. The van der Waals surface area contributed by atoms with E-state index < -0.39 is 17.7 Å². The predicted molar refractivity (Wildman–Crippen MR) is 63.8 cm³/mol. The van der Waals surface area contributed by atoms with Gasteiger partial charge in [0.2, 0.25) is 0 Å². The molecule has 0 aliphatic rings. The van der Waals surface area contributed by atoms with Gasteiger partial charge in [-0.05, 0) is 30.7 Å². The summed E-state index contributed by atoms with van der Waals surface area (Å²) in [7, 11) is 0. The van der Waals surface area contributed by atoms with Gasteiger partial charge in [0.15, 0.2) is 0 Å². The number of halogens is 3. The maximum Gasteiger partial charge on any atom is 0.416 e. The second kappa shape index (κ2) is 4.95. The molecule has 1 heterocycles. The molecule has 3 nitrogen and oxygen atoms in total. The Hall–Kier alpha value is -1.98. The predicted octanol–water partition coefficient (Wildman–Crippen LogP) is 3.52. The third-order valence-electron chi connectivity index (χ3n) is 2.89. The fraction of sp³-hybridized carbons (Fsp3) is 0.308. The van der Waals surface area contributed by atoms with Crippen LogP contribution in [-0.4, -0.2) is 15.6 Å². The van der Waals surface area contributed by atoms with E-state index in [4.69, 9.17) is 5.11 Å². The van der Waals surface area contributed by atoms with Gasteiger partial charge >= 0.3 is 12.1 Å². The number of benzene rings is 1. The van der Waals surface area contributed by atoms with Crippen LogP contribution in [0.1, 0.15) is 18.4 Å². The molecule has 0 saturated heterocycles. The molecule has 0 bridgehead atoms. The number of hydrogen-bond acceptors (Lipinski definition) is 1. The normalized spacial score (nSPS) is 11.9. The first kappa shape index (κ1) is 13.5. The monoisotopic (exact) mass is 271 g/mol. The standard InChI is InChI=1S/C13H12F3NO2/c14-13(15,16)10-3-4-11-9(8-10)5-7-17(11)6-1-2-12(18)19/h3-5,7-8H,1-2,6H2,(H,18,19). The average Bonchev–Trinajstić information content (AvgIpc) is 2.70. The molecule has 0 aliphatic heterocycles. The van der Waals surface area contributed by atoms with Crippen molar-refractivity contribution >= 4 is 16.9 Å². The van der Waals surface area contributed by atoms with E-state index in [2.05, 4.69) is 0 Å². The lowest BCUT2D eigenvalue weighted by Gasteiger charge is -2.08. The Balaban J connectivity index is 2.22. The van der Waals surface area contributed by atoms with Gasteiger partial charge in [-0.3, -0.25) is 4.79 Å². The van der Waals surface area contributed by atoms with Crippen molar-refractivity contribution in [3.8, 4) is 0 Å². The molecule has 0 aliphatic carbocycles. The van der Waals surface area contributed by atoms with Crippen LogP contribution in [0.2, 0.25) is 0 Å². The van der Waals surface area contributed by atoms with Crippen molar-refractivity contribution in [3.63, 3.8) is 0 Å². The van der Waals surface area contributed by atoms with Gasteiger partial charge in [-0.2, -0.15) is 13.2 Å². The van der Waals surface area contributed by atoms with Crippen molar-refractivity contribution in [1.82, 2.24) is 4.57 Å². The number of nitrogens with zero attached hydrogens (tertiary/aromatic N) is 1. The zero-order chi connectivity index (χ0) is 14.0. The Morgan fingerprint density at radius 1 is 1.26 bits per heavy atom. The zero-order valence-electron chi connectivity index (χ0n) is 9.94. The van der Waals surface area contributed by atoms with Crippen LogP contribution in [-0.2, 0) is 17.5 Å². The molecule has 1 N–H and O–H groups in total. The van der Waals surface area contributed by atoms with E-state index in [9.17, 15) is 18.0 Å². The molecule has 19 heavy (non-hydrogen) atoms. The molecule has 2 aromatic rings. The molecule has 6 heteroatoms. The topological polar surface area (TPSA) is 42.2 Å². The van der Waals surface area contributed by atoms with Crippen LogP contribution in [0.5, 0.6) is 0 Å². The van der Waals surface area contributed by atoms with Crippen molar-refractivity contribution in [3.05, 3.63) is 36.0 Å². The molecule has 2 rings (SSSR count). The molecule has 0 amide bonds. The van der Waals surface area contributed by atoms with Crippen molar-refractivity contribution in [2.45, 2.75) is 25.6 Å². The number of hydrogen-bond donors (Lipinski definition) is 1. The minimum Gasteiger partial charge on any atom is -0.481 e. The van der Waals surface area contributed by atoms with Gasteiger partial charge in [0, 0.05) is 30.1 Å². The minimum absolute atomic E-state index is 0.0420. The summed E-state index contributed by atoms with van der Waals surface area (Å²) in [6.07, 6.45) is -2.19. The van der Waals surface area contributed by atoms with Crippen LogP contribution in [0.15, 0.2) is 30.5 Å². The van der Waals surface area contributed by atoms with Gasteiger partial charge in [-0.1, -0.05) is 0 Å². The van der Waals surface area contributed by atoms with E-state index >= 15 is 0 Å². The zero-order valence-corrected chi connectivity index (χ0v) is 9.94. The van der Waals surface area contributed by atoms with Gasteiger partial charge < -0.3 is 9.67 Å².